The SMILES string of the molecule is CNC(C)c1nnc(C2CCCC(C(F)(F)F)C2)s1. The molecule has 1 aromatic rings. The summed E-state index contributed by atoms with van der Waals surface area (Å²) in [5.74, 6) is -1.27. The van der Waals surface area contributed by atoms with Crippen LogP contribution in [0.1, 0.15) is 54.6 Å². The highest BCUT2D eigenvalue weighted by molar-refractivity contribution is 7.11. The van der Waals surface area contributed by atoms with Gasteiger partial charge < -0.3 is 5.32 Å². The molecule has 0 amide bonds. The topological polar surface area (TPSA) is 37.8 Å². The monoisotopic (exact) mass is 293 g/mol. The zero-order valence-electron chi connectivity index (χ0n) is 11.0. The molecule has 0 spiro atoms. The van der Waals surface area contributed by atoms with E-state index in [9.17, 15) is 13.2 Å². The summed E-state index contributed by atoms with van der Waals surface area (Å²) in [6, 6.07) is 0.0910. The standard InChI is InChI=1S/C12H18F3N3S/c1-7(16-2)10-17-18-11(19-10)8-4-3-5-9(6-8)12(13,14)15/h7-9,16H,3-6H2,1-2H3. The van der Waals surface area contributed by atoms with Gasteiger partial charge in [0.2, 0.25) is 0 Å². The molecular weight excluding hydrogens is 275 g/mol. The zero-order valence-corrected chi connectivity index (χ0v) is 11.8. The third-order valence-electron chi connectivity index (χ3n) is 3.75. The molecule has 3 atom stereocenters. The van der Waals surface area contributed by atoms with Crippen molar-refractivity contribution in [1.29, 1.82) is 0 Å². The summed E-state index contributed by atoms with van der Waals surface area (Å²) in [7, 11) is 1.83. The third kappa shape index (κ3) is 3.45. The maximum atomic E-state index is 12.8. The summed E-state index contributed by atoms with van der Waals surface area (Å²) in [5, 5.41) is 12.8. The fraction of sp³-hybridized carbons (Fsp3) is 0.833. The van der Waals surface area contributed by atoms with Crippen molar-refractivity contribution in [1.82, 2.24) is 15.5 Å². The summed E-state index contributed by atoms with van der Waals surface area (Å²) >= 11 is 1.43. The van der Waals surface area contributed by atoms with E-state index in [0.717, 1.165) is 16.4 Å². The second-order valence-corrected chi connectivity index (χ2v) is 6.13. The van der Waals surface area contributed by atoms with Gasteiger partial charge in [-0.2, -0.15) is 13.2 Å². The van der Waals surface area contributed by atoms with E-state index in [-0.39, 0.29) is 24.8 Å². The van der Waals surface area contributed by atoms with Gasteiger partial charge in [0.25, 0.3) is 0 Å². The number of rotatable bonds is 3. The molecule has 1 saturated carbocycles. The summed E-state index contributed by atoms with van der Waals surface area (Å²) in [4.78, 5) is 0. The van der Waals surface area contributed by atoms with Gasteiger partial charge in [0.1, 0.15) is 10.0 Å². The lowest BCUT2D eigenvalue weighted by Crippen LogP contribution is -2.28. The third-order valence-corrected chi connectivity index (χ3v) is 5.01. The van der Waals surface area contributed by atoms with Crippen molar-refractivity contribution in [2.45, 2.75) is 50.7 Å². The Kier molecular flexibility index (Phi) is 4.45. The van der Waals surface area contributed by atoms with Gasteiger partial charge in [-0.05, 0) is 33.2 Å². The van der Waals surface area contributed by atoms with E-state index in [4.69, 9.17) is 0 Å². The first-order valence-corrected chi connectivity index (χ1v) is 7.30. The van der Waals surface area contributed by atoms with Crippen LogP contribution in [-0.2, 0) is 0 Å². The van der Waals surface area contributed by atoms with Gasteiger partial charge >= 0.3 is 6.18 Å². The van der Waals surface area contributed by atoms with Crippen LogP contribution in [0.5, 0.6) is 0 Å². The van der Waals surface area contributed by atoms with Crippen LogP contribution in [-0.4, -0.2) is 23.4 Å². The molecule has 0 saturated heterocycles. The average Bonchev–Trinajstić information content (AvgIpc) is 2.86. The van der Waals surface area contributed by atoms with Crippen molar-refractivity contribution < 1.29 is 13.2 Å². The molecule has 1 N–H and O–H groups in total. The fourth-order valence-electron chi connectivity index (χ4n) is 2.42. The molecule has 1 aliphatic carbocycles. The zero-order chi connectivity index (χ0) is 14.0. The van der Waals surface area contributed by atoms with Crippen LogP contribution >= 0.6 is 11.3 Å². The van der Waals surface area contributed by atoms with Gasteiger partial charge in [-0.3, -0.25) is 0 Å². The Morgan fingerprint density at radius 3 is 2.68 bits per heavy atom. The molecule has 1 fully saturated rings. The van der Waals surface area contributed by atoms with Crippen molar-refractivity contribution in [3.63, 3.8) is 0 Å². The van der Waals surface area contributed by atoms with E-state index in [1.165, 1.54) is 11.3 Å². The second-order valence-electron chi connectivity index (χ2n) is 5.09. The smallest absolute Gasteiger partial charge is 0.311 e. The van der Waals surface area contributed by atoms with Crippen molar-refractivity contribution in [2.75, 3.05) is 7.05 Å². The first-order valence-electron chi connectivity index (χ1n) is 6.49. The van der Waals surface area contributed by atoms with Gasteiger partial charge in [-0.25, -0.2) is 0 Å². The minimum absolute atomic E-state index is 0.0873. The molecule has 0 radical (unpaired) electrons. The van der Waals surface area contributed by atoms with Crippen molar-refractivity contribution in [2.24, 2.45) is 5.92 Å². The Labute approximate surface area is 114 Å². The molecule has 0 aromatic carbocycles. The lowest BCUT2D eigenvalue weighted by atomic mass is 9.81. The summed E-state index contributed by atoms with van der Waals surface area (Å²) in [5.41, 5.74) is 0. The summed E-state index contributed by atoms with van der Waals surface area (Å²) in [6.45, 7) is 1.96. The number of halogens is 3. The van der Waals surface area contributed by atoms with Gasteiger partial charge in [-0.15, -0.1) is 10.2 Å². The predicted molar refractivity (Wildman–Crippen MR) is 68.1 cm³/mol. The molecule has 7 heteroatoms. The van der Waals surface area contributed by atoms with E-state index in [1.54, 1.807) is 0 Å². The van der Waals surface area contributed by atoms with Crippen LogP contribution in [0.3, 0.4) is 0 Å². The average molecular weight is 293 g/mol. The highest BCUT2D eigenvalue weighted by Crippen LogP contribution is 2.44. The van der Waals surface area contributed by atoms with Crippen LogP contribution in [0.25, 0.3) is 0 Å². The van der Waals surface area contributed by atoms with Gasteiger partial charge in [0.15, 0.2) is 0 Å². The Morgan fingerprint density at radius 2 is 2.05 bits per heavy atom. The normalized spacial score (nSPS) is 26.4. The lowest BCUT2D eigenvalue weighted by Gasteiger charge is -2.29. The van der Waals surface area contributed by atoms with Gasteiger partial charge in [0.05, 0.1) is 12.0 Å². The van der Waals surface area contributed by atoms with Gasteiger partial charge in [-0.1, -0.05) is 17.8 Å². The first kappa shape index (κ1) is 14.7. The minimum atomic E-state index is -4.08. The first-order chi connectivity index (χ1) is 8.91. The fourth-order valence-corrected chi connectivity index (χ4v) is 3.47. The number of alkyl halides is 3. The van der Waals surface area contributed by atoms with E-state index in [2.05, 4.69) is 15.5 Å². The van der Waals surface area contributed by atoms with Crippen LogP contribution < -0.4 is 5.32 Å². The Balaban J connectivity index is 2.07. The molecule has 1 heterocycles. The number of nitrogens with zero attached hydrogens (tertiary/aromatic N) is 2. The number of hydrogen-bond donors (Lipinski definition) is 1. The second kappa shape index (κ2) is 5.75. The summed E-state index contributed by atoms with van der Waals surface area (Å²) < 4.78 is 38.3. The lowest BCUT2D eigenvalue weighted by molar-refractivity contribution is -0.183. The van der Waals surface area contributed by atoms with Crippen molar-refractivity contribution in [3.05, 3.63) is 10.0 Å². The van der Waals surface area contributed by atoms with Crippen LogP contribution in [0.4, 0.5) is 13.2 Å². The predicted octanol–water partition coefficient (Wildman–Crippen LogP) is 3.65. The molecule has 3 nitrogen and oxygen atoms in total. The molecule has 1 aromatic heterocycles. The van der Waals surface area contributed by atoms with Crippen molar-refractivity contribution in [3.8, 4) is 0 Å². The van der Waals surface area contributed by atoms with Crippen LogP contribution in [0, 0.1) is 5.92 Å². The molecule has 3 unspecified atom stereocenters. The van der Waals surface area contributed by atoms with Gasteiger partial charge in [0, 0.05) is 5.92 Å². The quantitative estimate of drug-likeness (QED) is 0.924. The molecular formula is C12H18F3N3S. The number of hydrogen-bond acceptors (Lipinski definition) is 4. The molecule has 0 bridgehead atoms. The molecule has 19 heavy (non-hydrogen) atoms. The van der Waals surface area contributed by atoms with Crippen LogP contribution in [0.2, 0.25) is 0 Å². The minimum Gasteiger partial charge on any atom is -0.311 e. The Hall–Kier alpha value is -0.690. The van der Waals surface area contributed by atoms with E-state index < -0.39 is 12.1 Å². The Morgan fingerprint density at radius 1 is 1.32 bits per heavy atom. The molecule has 108 valence electrons. The largest absolute Gasteiger partial charge is 0.391 e. The molecule has 2 rings (SSSR count). The Bertz CT molecular complexity index is 419. The maximum Gasteiger partial charge on any atom is 0.391 e. The highest BCUT2D eigenvalue weighted by atomic mass is 32.1. The molecule has 1 aliphatic rings. The molecule has 0 aliphatic heterocycles. The van der Waals surface area contributed by atoms with E-state index in [0.29, 0.717) is 6.42 Å². The maximum absolute atomic E-state index is 12.8. The van der Waals surface area contributed by atoms with E-state index >= 15 is 0 Å². The van der Waals surface area contributed by atoms with Crippen LogP contribution in [0.15, 0.2) is 0 Å². The van der Waals surface area contributed by atoms with Crippen molar-refractivity contribution >= 4 is 11.3 Å². The summed E-state index contributed by atoms with van der Waals surface area (Å²) in [6.07, 6.45) is -2.27. The number of nitrogens with one attached hydrogen (secondary N) is 1. The van der Waals surface area contributed by atoms with E-state index in [1.807, 2.05) is 14.0 Å². The highest BCUT2D eigenvalue weighted by Gasteiger charge is 2.43. The number of aromatic nitrogens is 2.